The van der Waals surface area contributed by atoms with Gasteiger partial charge in [0.15, 0.2) is 0 Å². The van der Waals surface area contributed by atoms with Crippen molar-refractivity contribution in [3.63, 3.8) is 0 Å². The minimum Gasteiger partial charge on any atom is -0.310 e. The van der Waals surface area contributed by atoms with E-state index >= 15 is 0 Å². The van der Waals surface area contributed by atoms with Gasteiger partial charge in [-0.1, -0.05) is 200 Å². The van der Waals surface area contributed by atoms with E-state index in [1.54, 1.807) is 48.5 Å². The number of anilines is 3. The molecule has 1 aliphatic rings. The molecular formula is C55H39N. The minimum atomic E-state index is -0.919. The van der Waals surface area contributed by atoms with E-state index in [0.29, 0.717) is 22.4 Å². The van der Waals surface area contributed by atoms with Crippen molar-refractivity contribution in [1.82, 2.24) is 0 Å². The molecule has 0 unspecified atom stereocenters. The van der Waals surface area contributed by atoms with Gasteiger partial charge >= 0.3 is 0 Å². The third-order valence-electron chi connectivity index (χ3n) is 10.7. The van der Waals surface area contributed by atoms with Gasteiger partial charge in [-0.3, -0.25) is 0 Å². The Morgan fingerprint density at radius 3 is 1.23 bits per heavy atom. The van der Waals surface area contributed by atoms with Gasteiger partial charge in [-0.2, -0.15) is 0 Å². The van der Waals surface area contributed by atoms with Crippen molar-refractivity contribution in [3.05, 3.63) is 259 Å². The molecule has 0 radical (unpaired) electrons. The Kier molecular flexibility index (Phi) is 6.53. The maximum absolute atomic E-state index is 9.74. The molecule has 0 aliphatic heterocycles. The van der Waals surface area contributed by atoms with E-state index in [1.165, 1.54) is 4.90 Å². The summed E-state index contributed by atoms with van der Waals surface area (Å²) in [7, 11) is 0. The highest BCUT2D eigenvalue weighted by Crippen LogP contribution is 2.60. The molecule has 0 saturated heterocycles. The number of nitrogens with zero attached hydrogens (tertiary/aromatic N) is 1. The molecule has 0 heterocycles. The van der Waals surface area contributed by atoms with Gasteiger partial charge in [-0.05, 0) is 97.5 Å². The lowest BCUT2D eigenvalue weighted by molar-refractivity contribution is 0.769. The fourth-order valence-electron chi connectivity index (χ4n) is 8.20. The van der Waals surface area contributed by atoms with Gasteiger partial charge in [-0.25, -0.2) is 0 Å². The molecule has 0 saturated carbocycles. The Labute approximate surface area is 340 Å². The van der Waals surface area contributed by atoms with Crippen molar-refractivity contribution in [2.45, 2.75) is 5.41 Å². The summed E-state index contributed by atoms with van der Waals surface area (Å²) in [5.74, 6) is 0. The molecule has 0 amide bonds. The predicted molar refractivity (Wildman–Crippen MR) is 235 cm³/mol. The highest BCUT2D eigenvalue weighted by atomic mass is 15.1. The third-order valence-corrected chi connectivity index (χ3v) is 10.7. The molecule has 264 valence electrons. The van der Waals surface area contributed by atoms with Crippen LogP contribution in [0.1, 0.15) is 33.2 Å². The molecule has 0 N–H and O–H groups in total. The van der Waals surface area contributed by atoms with Crippen LogP contribution in [0.3, 0.4) is 0 Å². The molecule has 56 heavy (non-hydrogen) atoms. The van der Waals surface area contributed by atoms with Crippen molar-refractivity contribution in [1.29, 1.82) is 0 Å². The van der Waals surface area contributed by atoms with E-state index in [0.717, 1.165) is 38.9 Å². The summed E-state index contributed by atoms with van der Waals surface area (Å²) in [6.07, 6.45) is 0. The number of hydrogen-bond acceptors (Lipinski definition) is 1. The summed E-state index contributed by atoms with van der Waals surface area (Å²) in [4.78, 5) is 1.45. The largest absolute Gasteiger partial charge is 0.310 e. The molecule has 0 fully saturated rings. The highest BCUT2D eigenvalue weighted by molar-refractivity contribution is 5.98. The number of benzene rings is 9. The van der Waals surface area contributed by atoms with Crippen LogP contribution >= 0.6 is 0 Å². The van der Waals surface area contributed by atoms with Gasteiger partial charge in [0.05, 0.1) is 22.1 Å². The van der Waals surface area contributed by atoms with Crippen molar-refractivity contribution in [2.75, 3.05) is 4.90 Å². The van der Waals surface area contributed by atoms with Crippen LogP contribution in [-0.4, -0.2) is 0 Å². The lowest BCUT2D eigenvalue weighted by atomic mass is 9.67. The molecule has 0 bridgehead atoms. The summed E-state index contributed by atoms with van der Waals surface area (Å²) < 4.78 is 76.7. The Hall–Kier alpha value is -7.22. The van der Waals surface area contributed by atoms with Crippen LogP contribution in [0.25, 0.3) is 44.5 Å². The van der Waals surface area contributed by atoms with E-state index in [4.69, 9.17) is 0 Å². The van der Waals surface area contributed by atoms with Crippen molar-refractivity contribution < 1.29 is 11.0 Å². The summed E-state index contributed by atoms with van der Waals surface area (Å²) in [6, 6.07) is 57.7. The second kappa shape index (κ2) is 14.2. The normalized spacial score (nSPS) is 14.4. The number of rotatable bonds is 8. The Bertz CT molecular complexity index is 3030. The van der Waals surface area contributed by atoms with Gasteiger partial charge in [0.25, 0.3) is 0 Å². The first-order valence-corrected chi connectivity index (χ1v) is 18.7. The molecule has 0 spiro atoms. The highest BCUT2D eigenvalue weighted by Gasteiger charge is 2.47. The number of hydrogen-bond donors (Lipinski definition) is 0. The van der Waals surface area contributed by atoms with Crippen molar-refractivity contribution in [3.8, 4) is 44.5 Å². The van der Waals surface area contributed by atoms with Crippen LogP contribution in [-0.2, 0) is 5.41 Å². The SMILES string of the molecule is [2H]c1c([2H])c(N(c2cccc3c2-c2ccc(-c4ccccc4)cc2C3(c2ccccc2)c2ccccc2)c2c([2H])c([2H])c(-c3ccccc3)c([2H])c2[2H])c([2H])c([2H])c1-c1ccccc1. The molecule has 1 aliphatic carbocycles. The van der Waals surface area contributed by atoms with Crippen LogP contribution < -0.4 is 4.90 Å². The zero-order chi connectivity index (χ0) is 44.3. The van der Waals surface area contributed by atoms with Crippen LogP contribution in [0.15, 0.2) is 236 Å². The molecule has 0 aromatic heterocycles. The first-order chi connectivity index (χ1) is 31.1. The Morgan fingerprint density at radius 1 is 0.339 bits per heavy atom. The van der Waals surface area contributed by atoms with Crippen LogP contribution in [0.2, 0.25) is 0 Å². The molecule has 9 aromatic rings. The quantitative estimate of drug-likeness (QED) is 0.151. The molecule has 10 rings (SSSR count). The second-order valence-electron chi connectivity index (χ2n) is 13.8. The molecule has 1 nitrogen and oxygen atoms in total. The minimum absolute atomic E-state index is 0.113. The first-order valence-electron chi connectivity index (χ1n) is 22.7. The maximum Gasteiger partial charge on any atom is 0.0714 e. The lowest BCUT2D eigenvalue weighted by Crippen LogP contribution is -2.28. The van der Waals surface area contributed by atoms with E-state index in [-0.39, 0.29) is 46.7 Å². The third kappa shape index (κ3) is 5.65. The van der Waals surface area contributed by atoms with Gasteiger partial charge in [0.2, 0.25) is 0 Å². The molecular weight excluding hydrogens is 675 g/mol. The molecule has 1 heteroatoms. The maximum atomic E-state index is 9.74. The van der Waals surface area contributed by atoms with E-state index in [1.807, 2.05) is 78.9 Å². The zero-order valence-corrected chi connectivity index (χ0v) is 30.3. The van der Waals surface area contributed by atoms with Gasteiger partial charge in [0, 0.05) is 16.9 Å². The zero-order valence-electron chi connectivity index (χ0n) is 38.3. The van der Waals surface area contributed by atoms with Crippen molar-refractivity contribution >= 4 is 17.1 Å². The molecule has 9 aromatic carbocycles. The average Bonchev–Trinajstić information content (AvgIpc) is 3.64. The van der Waals surface area contributed by atoms with E-state index < -0.39 is 29.6 Å². The lowest BCUT2D eigenvalue weighted by Gasteiger charge is -2.34. The first kappa shape index (κ1) is 25.7. The Morgan fingerprint density at radius 2 is 0.768 bits per heavy atom. The standard InChI is InChI=1S/C55H39N/c1-6-17-40(18-7-1)43-29-34-48(35-30-43)56(49-36-31-44(32-37-49)41-19-8-2-9-20-41)53-28-16-27-51-54(53)50-38-33-45(42-21-10-3-11-22-42)39-52(50)55(51,46-23-12-4-13-24-46)47-25-14-5-15-26-47/h1-39H/i29D,30D,31D,32D,34D,35D,36D,37D. The monoisotopic (exact) mass is 721 g/mol. The average molecular weight is 722 g/mol. The Balaban J connectivity index is 1.36. The summed E-state index contributed by atoms with van der Waals surface area (Å²) >= 11 is 0. The topological polar surface area (TPSA) is 3.24 Å². The number of fused-ring (bicyclic) bond motifs is 3. The van der Waals surface area contributed by atoms with Crippen LogP contribution in [0.5, 0.6) is 0 Å². The smallest absolute Gasteiger partial charge is 0.0714 e. The van der Waals surface area contributed by atoms with Gasteiger partial charge in [-0.15, -0.1) is 0 Å². The van der Waals surface area contributed by atoms with Gasteiger partial charge < -0.3 is 4.90 Å². The predicted octanol–water partition coefficient (Wildman–Crippen LogP) is 14.5. The summed E-state index contributed by atoms with van der Waals surface area (Å²) in [5.41, 5.74) is 7.65. The van der Waals surface area contributed by atoms with E-state index in [2.05, 4.69) is 60.7 Å². The van der Waals surface area contributed by atoms with Gasteiger partial charge in [0.1, 0.15) is 0 Å². The van der Waals surface area contributed by atoms with Crippen LogP contribution in [0, 0.1) is 0 Å². The fraction of sp³-hybridized carbons (Fsp3) is 0.0182. The van der Waals surface area contributed by atoms with E-state index in [9.17, 15) is 11.0 Å². The second-order valence-corrected chi connectivity index (χ2v) is 13.8. The molecule has 0 atom stereocenters. The fourth-order valence-corrected chi connectivity index (χ4v) is 8.20. The van der Waals surface area contributed by atoms with Crippen molar-refractivity contribution in [2.24, 2.45) is 0 Å². The van der Waals surface area contributed by atoms with Crippen LogP contribution in [0.4, 0.5) is 17.1 Å². The summed E-state index contributed by atoms with van der Waals surface area (Å²) in [6.45, 7) is 0. The summed E-state index contributed by atoms with van der Waals surface area (Å²) in [5, 5.41) is 0.